The lowest BCUT2D eigenvalue weighted by Gasteiger charge is -2.46. The third-order valence-electron chi connectivity index (χ3n) is 3.59. The van der Waals surface area contributed by atoms with Gasteiger partial charge in [-0.2, -0.15) is 0 Å². The summed E-state index contributed by atoms with van der Waals surface area (Å²) in [6, 6.07) is 0.440. The fourth-order valence-corrected chi connectivity index (χ4v) is 3.53. The van der Waals surface area contributed by atoms with E-state index in [0.29, 0.717) is 6.04 Å². The monoisotopic (exact) mass is 300 g/mol. The molecule has 4 nitrogen and oxygen atoms in total. The Balaban J connectivity index is 2.34. The van der Waals surface area contributed by atoms with E-state index in [-0.39, 0.29) is 11.1 Å². The maximum absolute atomic E-state index is 5.41. The molecule has 0 spiro atoms. The summed E-state index contributed by atoms with van der Waals surface area (Å²) >= 11 is 5.41. The molecule has 1 aliphatic heterocycles. The molecule has 0 aromatic rings. The van der Waals surface area contributed by atoms with E-state index in [9.17, 15) is 0 Å². The van der Waals surface area contributed by atoms with E-state index in [1.807, 2.05) is 0 Å². The molecule has 1 aliphatic rings. The molecular weight excluding hydrogens is 268 g/mol. The average molecular weight is 301 g/mol. The van der Waals surface area contributed by atoms with E-state index < -0.39 is 0 Å². The van der Waals surface area contributed by atoms with E-state index in [1.165, 1.54) is 0 Å². The van der Waals surface area contributed by atoms with Crippen LogP contribution in [0.15, 0.2) is 0 Å². The summed E-state index contributed by atoms with van der Waals surface area (Å²) < 4.78 is 0. The van der Waals surface area contributed by atoms with Crippen molar-refractivity contribution in [3.05, 3.63) is 0 Å². The van der Waals surface area contributed by atoms with Crippen LogP contribution in [0, 0.1) is 0 Å². The molecule has 0 saturated carbocycles. The Bertz CT molecular complexity index is 310. The summed E-state index contributed by atoms with van der Waals surface area (Å²) in [5, 5.41) is 11.3. The second kappa shape index (κ2) is 7.05. The minimum atomic E-state index is 0.153. The van der Waals surface area contributed by atoms with Crippen LogP contribution in [-0.4, -0.2) is 54.3 Å². The molecule has 1 fully saturated rings. The quantitative estimate of drug-likeness (QED) is 0.533. The van der Waals surface area contributed by atoms with Crippen molar-refractivity contribution in [2.75, 3.05) is 27.2 Å². The van der Waals surface area contributed by atoms with Gasteiger partial charge in [-0.25, -0.2) is 0 Å². The lowest BCUT2D eigenvalue weighted by atomic mass is 9.80. The van der Waals surface area contributed by atoms with Gasteiger partial charge in [-0.1, -0.05) is 0 Å². The predicted molar refractivity (Wildman–Crippen MR) is 91.2 cm³/mol. The first-order chi connectivity index (χ1) is 9.10. The van der Waals surface area contributed by atoms with Gasteiger partial charge in [-0.05, 0) is 79.8 Å². The number of nitrogens with zero attached hydrogens (tertiary/aromatic N) is 1. The SMILES string of the molecule is CN(C)CCCNC(=S)NC1CC(C)(C)NC(C)(C)C1. The van der Waals surface area contributed by atoms with E-state index in [1.54, 1.807) is 0 Å². The van der Waals surface area contributed by atoms with E-state index in [2.05, 4.69) is 62.6 Å². The van der Waals surface area contributed by atoms with Gasteiger partial charge in [0.25, 0.3) is 0 Å². The molecule has 5 heteroatoms. The van der Waals surface area contributed by atoms with Crippen LogP contribution in [0.1, 0.15) is 47.0 Å². The minimum Gasteiger partial charge on any atom is -0.363 e. The third-order valence-corrected chi connectivity index (χ3v) is 3.86. The minimum absolute atomic E-state index is 0.153. The molecule has 0 aromatic heterocycles. The summed E-state index contributed by atoms with van der Waals surface area (Å²) in [6.45, 7) is 11.1. The normalized spacial score (nSPS) is 21.8. The molecule has 20 heavy (non-hydrogen) atoms. The van der Waals surface area contributed by atoms with Crippen molar-refractivity contribution in [1.82, 2.24) is 20.9 Å². The molecule has 0 aromatic carbocycles. The summed E-state index contributed by atoms with van der Waals surface area (Å²) in [5.41, 5.74) is 0.305. The van der Waals surface area contributed by atoms with Crippen LogP contribution >= 0.6 is 12.2 Å². The van der Waals surface area contributed by atoms with Crippen molar-refractivity contribution in [2.24, 2.45) is 0 Å². The lowest BCUT2D eigenvalue weighted by Crippen LogP contribution is -2.62. The standard InChI is InChI=1S/C15H32N4S/c1-14(2)10-12(11-15(3,4)18-14)17-13(20)16-8-7-9-19(5)6/h12,18H,7-11H2,1-6H3,(H2,16,17,20). The van der Waals surface area contributed by atoms with Crippen LogP contribution in [0.5, 0.6) is 0 Å². The number of hydrogen-bond acceptors (Lipinski definition) is 3. The van der Waals surface area contributed by atoms with E-state index in [0.717, 1.165) is 37.5 Å². The first kappa shape index (κ1) is 17.7. The molecule has 1 rings (SSSR count). The lowest BCUT2D eigenvalue weighted by molar-refractivity contribution is 0.155. The fraction of sp³-hybridized carbons (Fsp3) is 0.933. The third kappa shape index (κ3) is 6.86. The maximum Gasteiger partial charge on any atom is 0.166 e. The summed E-state index contributed by atoms with van der Waals surface area (Å²) in [6.07, 6.45) is 3.30. The molecular formula is C15H32N4S. The Morgan fingerprint density at radius 3 is 2.25 bits per heavy atom. The van der Waals surface area contributed by atoms with Crippen LogP contribution in [0.3, 0.4) is 0 Å². The molecule has 0 aliphatic carbocycles. The Labute approximate surface area is 130 Å². The van der Waals surface area contributed by atoms with Crippen LogP contribution in [-0.2, 0) is 0 Å². The Kier molecular flexibility index (Phi) is 6.23. The van der Waals surface area contributed by atoms with Gasteiger partial charge in [-0.15, -0.1) is 0 Å². The number of rotatable bonds is 5. The highest BCUT2D eigenvalue weighted by molar-refractivity contribution is 7.80. The zero-order valence-electron chi connectivity index (χ0n) is 14.0. The highest BCUT2D eigenvalue weighted by Gasteiger charge is 2.37. The van der Waals surface area contributed by atoms with E-state index in [4.69, 9.17) is 12.2 Å². The Morgan fingerprint density at radius 2 is 1.75 bits per heavy atom. The Hall–Kier alpha value is -0.390. The molecule has 0 radical (unpaired) electrons. The van der Waals surface area contributed by atoms with Gasteiger partial charge in [0, 0.05) is 23.7 Å². The molecule has 0 amide bonds. The highest BCUT2D eigenvalue weighted by Crippen LogP contribution is 2.28. The highest BCUT2D eigenvalue weighted by atomic mass is 32.1. The molecule has 0 bridgehead atoms. The number of hydrogen-bond donors (Lipinski definition) is 3. The molecule has 1 heterocycles. The first-order valence-electron chi connectivity index (χ1n) is 7.58. The molecule has 0 atom stereocenters. The summed E-state index contributed by atoms with van der Waals surface area (Å²) in [4.78, 5) is 2.19. The van der Waals surface area contributed by atoms with Gasteiger partial charge in [-0.3, -0.25) is 0 Å². The number of thiocarbonyl (C=S) groups is 1. The second-order valence-corrected chi connectivity index (χ2v) is 7.96. The summed E-state index contributed by atoms with van der Waals surface area (Å²) in [5.74, 6) is 0. The second-order valence-electron chi connectivity index (χ2n) is 7.56. The van der Waals surface area contributed by atoms with Crippen molar-refractivity contribution < 1.29 is 0 Å². The first-order valence-corrected chi connectivity index (χ1v) is 7.99. The fourth-order valence-electron chi connectivity index (χ4n) is 3.26. The van der Waals surface area contributed by atoms with Gasteiger partial charge in [0.15, 0.2) is 5.11 Å². The molecule has 1 saturated heterocycles. The van der Waals surface area contributed by atoms with Gasteiger partial charge in [0.2, 0.25) is 0 Å². The molecule has 118 valence electrons. The largest absolute Gasteiger partial charge is 0.363 e. The number of piperidine rings is 1. The maximum atomic E-state index is 5.41. The van der Waals surface area contributed by atoms with Crippen molar-refractivity contribution in [3.8, 4) is 0 Å². The van der Waals surface area contributed by atoms with Gasteiger partial charge < -0.3 is 20.9 Å². The molecule has 3 N–H and O–H groups in total. The smallest absolute Gasteiger partial charge is 0.166 e. The van der Waals surface area contributed by atoms with Crippen molar-refractivity contribution >= 4 is 17.3 Å². The zero-order valence-corrected chi connectivity index (χ0v) is 14.8. The van der Waals surface area contributed by atoms with Gasteiger partial charge in [0.1, 0.15) is 0 Å². The van der Waals surface area contributed by atoms with Gasteiger partial charge in [0.05, 0.1) is 0 Å². The predicted octanol–water partition coefficient (Wildman–Crippen LogP) is 1.71. The van der Waals surface area contributed by atoms with E-state index >= 15 is 0 Å². The van der Waals surface area contributed by atoms with Crippen molar-refractivity contribution in [2.45, 2.75) is 64.1 Å². The summed E-state index contributed by atoms with van der Waals surface area (Å²) in [7, 11) is 4.19. The number of nitrogens with one attached hydrogen (secondary N) is 3. The van der Waals surface area contributed by atoms with Crippen LogP contribution in [0.4, 0.5) is 0 Å². The van der Waals surface area contributed by atoms with Crippen LogP contribution < -0.4 is 16.0 Å². The molecule has 0 unspecified atom stereocenters. The van der Waals surface area contributed by atoms with Crippen LogP contribution in [0.2, 0.25) is 0 Å². The van der Waals surface area contributed by atoms with Crippen molar-refractivity contribution in [1.29, 1.82) is 0 Å². The van der Waals surface area contributed by atoms with Crippen LogP contribution in [0.25, 0.3) is 0 Å². The van der Waals surface area contributed by atoms with Gasteiger partial charge >= 0.3 is 0 Å². The zero-order chi connectivity index (χ0) is 15.4. The van der Waals surface area contributed by atoms with Crippen molar-refractivity contribution in [3.63, 3.8) is 0 Å². The topological polar surface area (TPSA) is 39.3 Å². The average Bonchev–Trinajstić information content (AvgIpc) is 2.19. The Morgan fingerprint density at radius 1 is 1.20 bits per heavy atom.